The number of hydrogen-bond acceptors (Lipinski definition) is 2. The van der Waals surface area contributed by atoms with Gasteiger partial charge in [-0.15, -0.1) is 0 Å². The first-order chi connectivity index (χ1) is 6.54. The van der Waals surface area contributed by atoms with Crippen molar-refractivity contribution in [3.8, 4) is 0 Å². The maximum Gasteiger partial charge on any atom is 0.394 e. The van der Waals surface area contributed by atoms with Crippen molar-refractivity contribution < 1.29 is 19.1 Å². The Morgan fingerprint density at radius 2 is 1.93 bits per heavy atom. The zero-order chi connectivity index (χ0) is 10.7. The minimum Gasteiger partial charge on any atom is -0.474 e. The number of para-hydroxylation sites is 1. The van der Waals surface area contributed by atoms with Gasteiger partial charge in [0.25, 0.3) is 0 Å². The number of nitrogens with zero attached hydrogens (tertiary/aromatic N) is 1. The molecule has 0 unspecified atom stereocenters. The lowest BCUT2D eigenvalue weighted by atomic mass is 10.3. The van der Waals surface area contributed by atoms with Crippen LogP contribution in [0, 0.1) is 5.82 Å². The van der Waals surface area contributed by atoms with Gasteiger partial charge in [0, 0.05) is 7.05 Å². The standard InChI is InChI=1S/C9H8FNO3/c1-11(8(12)9(13)14)7-5-3-2-4-6(7)10/h2-5H,1H3,(H,13,14). The number of benzene rings is 1. The minimum atomic E-state index is -1.62. The number of carbonyl (C=O) groups is 2. The van der Waals surface area contributed by atoms with Gasteiger partial charge in [-0.05, 0) is 12.1 Å². The summed E-state index contributed by atoms with van der Waals surface area (Å²) < 4.78 is 13.1. The predicted molar refractivity (Wildman–Crippen MR) is 47.4 cm³/mol. The molecule has 0 aliphatic rings. The SMILES string of the molecule is CN(C(=O)C(=O)O)c1ccccc1F. The Hall–Kier alpha value is -1.91. The molecular formula is C9H8FNO3. The summed E-state index contributed by atoms with van der Waals surface area (Å²) in [5, 5.41) is 8.39. The molecule has 0 aromatic heterocycles. The predicted octanol–water partition coefficient (Wildman–Crippen LogP) is 0.873. The van der Waals surface area contributed by atoms with E-state index in [1.165, 1.54) is 25.2 Å². The Balaban J connectivity index is 3.01. The van der Waals surface area contributed by atoms with Gasteiger partial charge >= 0.3 is 11.9 Å². The summed E-state index contributed by atoms with van der Waals surface area (Å²) in [5.74, 6) is -3.42. The topological polar surface area (TPSA) is 57.6 Å². The van der Waals surface area contributed by atoms with E-state index in [4.69, 9.17) is 5.11 Å². The number of halogens is 1. The Morgan fingerprint density at radius 3 is 2.43 bits per heavy atom. The molecule has 1 aromatic rings. The van der Waals surface area contributed by atoms with Gasteiger partial charge in [0.1, 0.15) is 5.82 Å². The van der Waals surface area contributed by atoms with E-state index in [-0.39, 0.29) is 5.69 Å². The van der Waals surface area contributed by atoms with Crippen LogP contribution in [-0.2, 0) is 9.59 Å². The molecule has 0 radical (unpaired) electrons. The van der Waals surface area contributed by atoms with Crippen LogP contribution in [0.3, 0.4) is 0 Å². The molecule has 0 bridgehead atoms. The summed E-state index contributed by atoms with van der Waals surface area (Å²) in [5.41, 5.74) is -0.0556. The van der Waals surface area contributed by atoms with Crippen molar-refractivity contribution in [3.05, 3.63) is 30.1 Å². The molecule has 0 aliphatic heterocycles. The molecule has 0 spiro atoms. The van der Waals surface area contributed by atoms with E-state index in [0.29, 0.717) is 0 Å². The smallest absolute Gasteiger partial charge is 0.394 e. The Labute approximate surface area is 79.6 Å². The van der Waals surface area contributed by atoms with Gasteiger partial charge in [-0.3, -0.25) is 4.79 Å². The van der Waals surface area contributed by atoms with Gasteiger partial charge in [0.2, 0.25) is 0 Å². The van der Waals surface area contributed by atoms with E-state index < -0.39 is 17.7 Å². The largest absolute Gasteiger partial charge is 0.474 e. The third kappa shape index (κ3) is 1.87. The van der Waals surface area contributed by atoms with Crippen molar-refractivity contribution >= 4 is 17.6 Å². The average Bonchev–Trinajstić information content (AvgIpc) is 2.16. The maximum atomic E-state index is 13.1. The summed E-state index contributed by atoms with van der Waals surface area (Å²) in [6, 6.07) is 5.46. The van der Waals surface area contributed by atoms with Crippen molar-refractivity contribution in [1.29, 1.82) is 0 Å². The van der Waals surface area contributed by atoms with Crippen LogP contribution in [-0.4, -0.2) is 24.0 Å². The highest BCUT2D eigenvalue weighted by Crippen LogP contribution is 2.16. The Morgan fingerprint density at radius 1 is 1.36 bits per heavy atom. The van der Waals surface area contributed by atoms with Crippen molar-refractivity contribution in [3.63, 3.8) is 0 Å². The molecule has 1 amide bonds. The maximum absolute atomic E-state index is 13.1. The van der Waals surface area contributed by atoms with Crippen molar-refractivity contribution in [2.75, 3.05) is 11.9 Å². The number of anilines is 1. The lowest BCUT2D eigenvalue weighted by Crippen LogP contribution is -2.33. The second kappa shape index (κ2) is 3.87. The van der Waals surface area contributed by atoms with Crippen LogP contribution in [0.25, 0.3) is 0 Å². The van der Waals surface area contributed by atoms with E-state index >= 15 is 0 Å². The fraction of sp³-hybridized carbons (Fsp3) is 0.111. The minimum absolute atomic E-state index is 0.0556. The van der Waals surface area contributed by atoms with Crippen molar-refractivity contribution in [2.24, 2.45) is 0 Å². The number of amides is 1. The zero-order valence-electron chi connectivity index (χ0n) is 7.40. The molecule has 1 rings (SSSR count). The van der Waals surface area contributed by atoms with Crippen LogP contribution < -0.4 is 4.90 Å². The van der Waals surface area contributed by atoms with Gasteiger partial charge < -0.3 is 10.0 Å². The number of carboxylic acid groups (broad SMARTS) is 1. The summed E-state index contributed by atoms with van der Waals surface area (Å²) in [6.07, 6.45) is 0. The van der Waals surface area contributed by atoms with E-state index in [0.717, 1.165) is 11.0 Å². The van der Waals surface area contributed by atoms with Gasteiger partial charge in [-0.2, -0.15) is 0 Å². The van der Waals surface area contributed by atoms with E-state index in [1.807, 2.05) is 0 Å². The number of hydrogen-bond donors (Lipinski definition) is 1. The lowest BCUT2D eigenvalue weighted by Gasteiger charge is -2.14. The first kappa shape index (κ1) is 10.2. The first-order valence-corrected chi connectivity index (χ1v) is 3.79. The van der Waals surface area contributed by atoms with Crippen LogP contribution >= 0.6 is 0 Å². The summed E-state index contributed by atoms with van der Waals surface area (Å²) >= 11 is 0. The summed E-state index contributed by atoms with van der Waals surface area (Å²) in [6.45, 7) is 0. The van der Waals surface area contributed by atoms with Crippen LogP contribution in [0.2, 0.25) is 0 Å². The number of carbonyl (C=O) groups excluding carboxylic acids is 1. The molecule has 1 aromatic carbocycles. The van der Waals surface area contributed by atoms with E-state index in [2.05, 4.69) is 0 Å². The third-order valence-electron chi connectivity index (χ3n) is 1.70. The lowest BCUT2D eigenvalue weighted by molar-refractivity contribution is -0.148. The van der Waals surface area contributed by atoms with Gasteiger partial charge in [0.05, 0.1) is 5.69 Å². The van der Waals surface area contributed by atoms with Crippen LogP contribution in [0.5, 0.6) is 0 Å². The second-order valence-corrected chi connectivity index (χ2v) is 2.62. The highest BCUT2D eigenvalue weighted by atomic mass is 19.1. The van der Waals surface area contributed by atoms with Crippen molar-refractivity contribution in [2.45, 2.75) is 0 Å². The molecule has 0 fully saturated rings. The fourth-order valence-electron chi connectivity index (χ4n) is 0.977. The summed E-state index contributed by atoms with van der Waals surface area (Å²) in [7, 11) is 1.20. The molecule has 5 heteroatoms. The van der Waals surface area contributed by atoms with Crippen LogP contribution in [0.4, 0.5) is 10.1 Å². The van der Waals surface area contributed by atoms with E-state index in [9.17, 15) is 14.0 Å². The molecule has 0 saturated heterocycles. The third-order valence-corrected chi connectivity index (χ3v) is 1.70. The number of carboxylic acids is 1. The van der Waals surface area contributed by atoms with E-state index in [1.54, 1.807) is 0 Å². The summed E-state index contributed by atoms with van der Waals surface area (Å²) in [4.78, 5) is 22.0. The first-order valence-electron chi connectivity index (χ1n) is 3.79. The molecule has 0 heterocycles. The molecule has 0 atom stereocenters. The normalized spacial score (nSPS) is 9.57. The fourth-order valence-corrected chi connectivity index (χ4v) is 0.977. The molecule has 0 saturated carbocycles. The highest BCUT2D eigenvalue weighted by molar-refractivity contribution is 6.37. The quantitative estimate of drug-likeness (QED) is 0.679. The van der Waals surface area contributed by atoms with Gasteiger partial charge in [0.15, 0.2) is 0 Å². The molecule has 0 aliphatic carbocycles. The number of likely N-dealkylation sites (N-methyl/N-ethyl adjacent to an activating group) is 1. The Kier molecular flexibility index (Phi) is 2.81. The van der Waals surface area contributed by atoms with Crippen LogP contribution in [0.1, 0.15) is 0 Å². The van der Waals surface area contributed by atoms with Crippen LogP contribution in [0.15, 0.2) is 24.3 Å². The highest BCUT2D eigenvalue weighted by Gasteiger charge is 2.20. The molecule has 1 N–H and O–H groups in total. The Bertz CT molecular complexity index is 378. The molecule has 74 valence electrons. The number of aliphatic carboxylic acids is 1. The molecular weight excluding hydrogens is 189 g/mol. The van der Waals surface area contributed by atoms with Gasteiger partial charge in [-0.1, -0.05) is 12.1 Å². The molecule has 14 heavy (non-hydrogen) atoms. The second-order valence-electron chi connectivity index (χ2n) is 2.62. The van der Waals surface area contributed by atoms with Crippen molar-refractivity contribution in [1.82, 2.24) is 0 Å². The monoisotopic (exact) mass is 197 g/mol. The average molecular weight is 197 g/mol. The van der Waals surface area contributed by atoms with Gasteiger partial charge in [-0.25, -0.2) is 9.18 Å². The zero-order valence-corrected chi connectivity index (χ0v) is 7.40. The number of rotatable bonds is 1. The molecule has 4 nitrogen and oxygen atoms in total.